The number of fused-ring (bicyclic) bond motifs is 3. The lowest BCUT2D eigenvalue weighted by Crippen LogP contribution is -2.25. The van der Waals surface area contributed by atoms with Gasteiger partial charge in [-0.15, -0.1) is 0 Å². The Morgan fingerprint density at radius 1 is 1.30 bits per heavy atom. The zero-order chi connectivity index (χ0) is 15.8. The summed E-state index contributed by atoms with van der Waals surface area (Å²) in [6.45, 7) is 1.30. The van der Waals surface area contributed by atoms with Crippen molar-refractivity contribution in [3.05, 3.63) is 30.2 Å². The molecular formula is C14H16N8O. The Morgan fingerprint density at radius 2 is 2.22 bits per heavy atom. The summed E-state index contributed by atoms with van der Waals surface area (Å²) < 4.78 is 3.45. The van der Waals surface area contributed by atoms with Crippen molar-refractivity contribution in [1.82, 2.24) is 29.7 Å². The minimum Gasteiger partial charge on any atom is -0.373 e. The Balaban J connectivity index is 1.88. The quantitative estimate of drug-likeness (QED) is 0.616. The van der Waals surface area contributed by atoms with Gasteiger partial charge in [-0.25, -0.2) is 4.98 Å². The maximum atomic E-state index is 12.4. The van der Waals surface area contributed by atoms with Crippen molar-refractivity contribution in [1.29, 1.82) is 0 Å². The third-order valence-electron chi connectivity index (χ3n) is 3.73. The number of carbonyl (C=O) groups is 1. The van der Waals surface area contributed by atoms with Crippen LogP contribution < -0.4 is 16.0 Å². The molecule has 9 nitrogen and oxygen atoms in total. The fraction of sp³-hybridized carbons (Fsp3) is 0.286. The summed E-state index contributed by atoms with van der Waals surface area (Å²) in [6.07, 6.45) is 6.01. The average Bonchev–Trinajstić information content (AvgIpc) is 3.17. The van der Waals surface area contributed by atoms with Crippen LogP contribution in [0.1, 0.15) is 16.8 Å². The standard InChI is InChI=1S/C14H16N8O/c1-15-12-5-11-19-9-6-17-21(8-9)4-2-3-16-14(23)10-7-18-22(12)13(10)20-11/h5-8,15H,2-4H2,1H3,(H,16,23)(H,19,20). The zero-order valence-electron chi connectivity index (χ0n) is 12.6. The fourth-order valence-corrected chi connectivity index (χ4v) is 2.60. The minimum absolute atomic E-state index is 0.175. The van der Waals surface area contributed by atoms with E-state index in [-0.39, 0.29) is 5.91 Å². The van der Waals surface area contributed by atoms with Crippen LogP contribution in [0.2, 0.25) is 0 Å². The molecular weight excluding hydrogens is 296 g/mol. The predicted octanol–water partition coefficient (Wildman–Crippen LogP) is 0.845. The number of aryl methyl sites for hydroxylation is 1. The van der Waals surface area contributed by atoms with Crippen molar-refractivity contribution in [3.63, 3.8) is 0 Å². The van der Waals surface area contributed by atoms with Gasteiger partial charge in [0.05, 0.1) is 18.1 Å². The summed E-state index contributed by atoms with van der Waals surface area (Å²) in [7, 11) is 1.80. The van der Waals surface area contributed by atoms with Gasteiger partial charge in [0.2, 0.25) is 0 Å². The maximum Gasteiger partial charge on any atom is 0.256 e. The highest BCUT2D eigenvalue weighted by Crippen LogP contribution is 2.21. The molecule has 1 amide bonds. The van der Waals surface area contributed by atoms with Crippen LogP contribution in [0.5, 0.6) is 0 Å². The number of anilines is 3. The SMILES string of the molecule is CNc1cc2nc3c(cnn13)C(=O)NCCCn1cc(cn1)N2. The van der Waals surface area contributed by atoms with Crippen LogP contribution in [-0.4, -0.2) is 43.9 Å². The summed E-state index contributed by atoms with van der Waals surface area (Å²) in [5.74, 6) is 1.18. The van der Waals surface area contributed by atoms with E-state index in [0.717, 1.165) is 24.5 Å². The van der Waals surface area contributed by atoms with Gasteiger partial charge in [-0.05, 0) is 6.42 Å². The maximum absolute atomic E-state index is 12.4. The van der Waals surface area contributed by atoms with Crippen molar-refractivity contribution >= 4 is 28.9 Å². The fourth-order valence-electron chi connectivity index (χ4n) is 2.60. The van der Waals surface area contributed by atoms with E-state index in [0.29, 0.717) is 23.6 Å². The van der Waals surface area contributed by atoms with Gasteiger partial charge in [0, 0.05) is 32.4 Å². The molecule has 0 aliphatic carbocycles. The topological polar surface area (TPSA) is 101 Å². The summed E-state index contributed by atoms with van der Waals surface area (Å²) in [6, 6.07) is 1.83. The summed E-state index contributed by atoms with van der Waals surface area (Å²) >= 11 is 0. The van der Waals surface area contributed by atoms with Crippen LogP contribution in [0, 0.1) is 0 Å². The van der Waals surface area contributed by atoms with Crippen LogP contribution in [-0.2, 0) is 6.54 Å². The second kappa shape index (κ2) is 5.27. The lowest BCUT2D eigenvalue weighted by molar-refractivity contribution is 0.0954. The van der Waals surface area contributed by atoms with Crippen molar-refractivity contribution in [3.8, 4) is 0 Å². The highest BCUT2D eigenvalue weighted by Gasteiger charge is 2.17. The Kier molecular flexibility index (Phi) is 3.11. The first-order chi connectivity index (χ1) is 11.2. The largest absolute Gasteiger partial charge is 0.373 e. The first-order valence-corrected chi connectivity index (χ1v) is 7.39. The smallest absolute Gasteiger partial charge is 0.256 e. The summed E-state index contributed by atoms with van der Waals surface area (Å²) in [5, 5.41) is 17.7. The molecule has 4 heterocycles. The molecule has 0 atom stereocenters. The molecule has 3 aromatic heterocycles. The molecule has 0 aromatic carbocycles. The molecule has 0 radical (unpaired) electrons. The van der Waals surface area contributed by atoms with Gasteiger partial charge in [-0.2, -0.15) is 14.7 Å². The monoisotopic (exact) mass is 312 g/mol. The van der Waals surface area contributed by atoms with E-state index in [1.807, 2.05) is 16.9 Å². The molecule has 1 aliphatic heterocycles. The number of nitrogens with zero attached hydrogens (tertiary/aromatic N) is 5. The normalized spacial score (nSPS) is 14.6. The lowest BCUT2D eigenvalue weighted by atomic mass is 10.3. The molecule has 1 aliphatic rings. The molecule has 3 aromatic rings. The van der Waals surface area contributed by atoms with E-state index in [1.165, 1.54) is 6.20 Å². The highest BCUT2D eigenvalue weighted by atomic mass is 16.1. The van der Waals surface area contributed by atoms with Crippen LogP contribution >= 0.6 is 0 Å². The second-order valence-corrected chi connectivity index (χ2v) is 5.30. The first kappa shape index (κ1) is 13.6. The molecule has 23 heavy (non-hydrogen) atoms. The second-order valence-electron chi connectivity index (χ2n) is 5.30. The number of nitrogens with one attached hydrogen (secondary N) is 3. The molecule has 0 saturated heterocycles. The van der Waals surface area contributed by atoms with Gasteiger partial charge in [-0.1, -0.05) is 0 Å². The molecule has 0 fully saturated rings. The lowest BCUT2D eigenvalue weighted by Gasteiger charge is -2.09. The number of rotatable bonds is 1. The Hall–Kier alpha value is -3.10. The molecule has 118 valence electrons. The van der Waals surface area contributed by atoms with Gasteiger partial charge >= 0.3 is 0 Å². The van der Waals surface area contributed by atoms with E-state index in [2.05, 4.69) is 31.1 Å². The first-order valence-electron chi connectivity index (χ1n) is 7.39. The summed E-state index contributed by atoms with van der Waals surface area (Å²) in [4.78, 5) is 16.9. The number of hydrogen-bond acceptors (Lipinski definition) is 6. The van der Waals surface area contributed by atoms with Crippen molar-refractivity contribution in [2.45, 2.75) is 13.0 Å². The number of hydrogen-bond donors (Lipinski definition) is 3. The van der Waals surface area contributed by atoms with Gasteiger partial charge in [-0.3, -0.25) is 9.48 Å². The molecule has 3 N–H and O–H groups in total. The molecule has 0 saturated carbocycles. The van der Waals surface area contributed by atoms with Crippen molar-refractivity contribution < 1.29 is 4.79 Å². The molecule has 0 unspecified atom stereocenters. The van der Waals surface area contributed by atoms with E-state index < -0.39 is 0 Å². The van der Waals surface area contributed by atoms with E-state index in [4.69, 9.17) is 0 Å². The van der Waals surface area contributed by atoms with Gasteiger partial charge in [0.1, 0.15) is 17.2 Å². The van der Waals surface area contributed by atoms with Gasteiger partial charge < -0.3 is 16.0 Å². The minimum atomic E-state index is -0.175. The third-order valence-corrected chi connectivity index (χ3v) is 3.73. The van der Waals surface area contributed by atoms with Crippen LogP contribution in [0.4, 0.5) is 17.3 Å². The number of carbonyl (C=O) groups excluding carboxylic acids is 1. The van der Waals surface area contributed by atoms with Gasteiger partial charge in [0.15, 0.2) is 5.65 Å². The zero-order valence-corrected chi connectivity index (χ0v) is 12.6. The number of amides is 1. The van der Waals surface area contributed by atoms with Crippen molar-refractivity contribution in [2.24, 2.45) is 0 Å². The third kappa shape index (κ3) is 2.35. The molecule has 0 spiro atoms. The van der Waals surface area contributed by atoms with E-state index in [9.17, 15) is 4.79 Å². The average molecular weight is 312 g/mol. The number of aromatic nitrogens is 5. The molecule has 4 rings (SSSR count). The summed E-state index contributed by atoms with van der Waals surface area (Å²) in [5.41, 5.74) is 1.81. The van der Waals surface area contributed by atoms with Crippen LogP contribution in [0.25, 0.3) is 5.65 Å². The van der Waals surface area contributed by atoms with E-state index in [1.54, 1.807) is 17.8 Å². The Labute approximate surface area is 131 Å². The van der Waals surface area contributed by atoms with E-state index >= 15 is 0 Å². The molecule has 4 bridgehead atoms. The van der Waals surface area contributed by atoms with Crippen LogP contribution in [0.3, 0.4) is 0 Å². The Bertz CT molecular complexity index is 880. The van der Waals surface area contributed by atoms with Crippen molar-refractivity contribution in [2.75, 3.05) is 24.2 Å². The predicted molar refractivity (Wildman–Crippen MR) is 85.0 cm³/mol. The highest BCUT2D eigenvalue weighted by molar-refractivity contribution is 6.00. The van der Waals surface area contributed by atoms with Crippen LogP contribution in [0.15, 0.2) is 24.7 Å². The Morgan fingerprint density at radius 3 is 3.09 bits per heavy atom. The molecule has 9 heteroatoms. The van der Waals surface area contributed by atoms with Gasteiger partial charge in [0.25, 0.3) is 5.91 Å².